The number of nitrogens with one attached hydrogen (secondary N) is 2. The van der Waals surface area contributed by atoms with Gasteiger partial charge in [-0.15, -0.1) is 0 Å². The topological polar surface area (TPSA) is 80.6 Å². The molecule has 0 aliphatic carbocycles. The van der Waals surface area contributed by atoms with Gasteiger partial charge in [0, 0.05) is 10.6 Å². The third kappa shape index (κ3) is 5.52. The summed E-state index contributed by atoms with van der Waals surface area (Å²) in [6.07, 6.45) is -0.607. The third-order valence-corrected chi connectivity index (χ3v) is 3.98. The first-order valence-corrected chi connectivity index (χ1v) is 8.84. The number of benzene rings is 1. The predicted molar refractivity (Wildman–Crippen MR) is 99.8 cm³/mol. The van der Waals surface area contributed by atoms with Gasteiger partial charge < -0.3 is 19.8 Å². The molecular weight excluding hydrogens is 356 g/mol. The molecule has 0 radical (unpaired) electrons. The highest BCUT2D eigenvalue weighted by molar-refractivity contribution is 6.30. The highest BCUT2D eigenvalue weighted by atomic mass is 35.5. The quantitative estimate of drug-likeness (QED) is 0.763. The molecule has 1 aromatic heterocycles. The van der Waals surface area contributed by atoms with E-state index in [0.29, 0.717) is 16.5 Å². The summed E-state index contributed by atoms with van der Waals surface area (Å²) in [5.41, 5.74) is 0.899. The first kappa shape index (κ1) is 19.8. The first-order valence-electron chi connectivity index (χ1n) is 8.46. The van der Waals surface area contributed by atoms with Crippen molar-refractivity contribution >= 4 is 23.6 Å². The smallest absolute Gasteiger partial charge is 0.407 e. The van der Waals surface area contributed by atoms with Gasteiger partial charge in [0.05, 0.1) is 13.2 Å². The van der Waals surface area contributed by atoms with Gasteiger partial charge in [-0.25, -0.2) is 4.79 Å². The van der Waals surface area contributed by atoms with Crippen molar-refractivity contribution in [1.29, 1.82) is 0 Å². The Hall–Kier alpha value is -2.47. The molecule has 0 aliphatic rings. The third-order valence-electron chi connectivity index (χ3n) is 3.73. The second kappa shape index (κ2) is 9.29. The zero-order chi connectivity index (χ0) is 19.1. The number of rotatable bonds is 7. The summed E-state index contributed by atoms with van der Waals surface area (Å²) < 4.78 is 10.6. The molecule has 6 nitrogen and oxygen atoms in total. The lowest BCUT2D eigenvalue weighted by Crippen LogP contribution is -2.49. The zero-order valence-electron chi connectivity index (χ0n) is 15.0. The van der Waals surface area contributed by atoms with Crippen molar-refractivity contribution in [3.05, 3.63) is 47.2 Å². The van der Waals surface area contributed by atoms with Crippen LogP contribution in [0.4, 0.5) is 4.79 Å². The Morgan fingerprint density at radius 3 is 2.46 bits per heavy atom. The van der Waals surface area contributed by atoms with E-state index in [1.807, 2.05) is 32.0 Å². The fraction of sp³-hybridized carbons (Fsp3) is 0.368. The summed E-state index contributed by atoms with van der Waals surface area (Å²) in [4.78, 5) is 24.0. The number of amides is 2. The van der Waals surface area contributed by atoms with Crippen LogP contribution in [0.15, 0.2) is 40.8 Å². The van der Waals surface area contributed by atoms with Crippen LogP contribution in [0, 0.1) is 5.92 Å². The maximum Gasteiger partial charge on any atom is 0.407 e. The maximum atomic E-state index is 12.4. The Labute approximate surface area is 157 Å². The highest BCUT2D eigenvalue weighted by Crippen LogP contribution is 2.23. The Morgan fingerprint density at radius 1 is 1.15 bits per heavy atom. The lowest BCUT2D eigenvalue weighted by molar-refractivity contribution is -0.124. The number of carbonyl (C=O) groups is 2. The van der Waals surface area contributed by atoms with Crippen molar-refractivity contribution in [3.8, 4) is 11.3 Å². The molecule has 1 unspecified atom stereocenters. The van der Waals surface area contributed by atoms with E-state index in [1.165, 1.54) is 0 Å². The normalized spacial score (nSPS) is 11.9. The minimum Gasteiger partial charge on any atom is -0.459 e. The first-order chi connectivity index (χ1) is 12.4. The molecule has 7 heteroatoms. The number of ether oxygens (including phenoxy) is 1. The van der Waals surface area contributed by atoms with Crippen molar-refractivity contribution in [1.82, 2.24) is 10.6 Å². The standard InChI is InChI=1S/C19H23ClN2O4/c1-4-25-19(24)22-17(12(2)3)18(23)21-11-15-9-10-16(26-15)13-5-7-14(20)8-6-13/h5-10,12,17H,4,11H2,1-3H3,(H,21,23)(H,22,24). The van der Waals surface area contributed by atoms with Crippen LogP contribution in [0.5, 0.6) is 0 Å². The van der Waals surface area contributed by atoms with Gasteiger partial charge in [-0.1, -0.05) is 25.4 Å². The van der Waals surface area contributed by atoms with Gasteiger partial charge in [-0.05, 0) is 49.2 Å². The van der Waals surface area contributed by atoms with Gasteiger partial charge in [0.25, 0.3) is 0 Å². The number of hydrogen-bond acceptors (Lipinski definition) is 4. The summed E-state index contributed by atoms with van der Waals surface area (Å²) in [5, 5.41) is 6.01. The average molecular weight is 379 g/mol. The molecule has 2 N–H and O–H groups in total. The molecule has 1 atom stereocenters. The van der Waals surface area contributed by atoms with Gasteiger partial charge in [0.1, 0.15) is 17.6 Å². The van der Waals surface area contributed by atoms with E-state index in [1.54, 1.807) is 25.1 Å². The number of hydrogen-bond donors (Lipinski definition) is 2. The average Bonchev–Trinajstić information content (AvgIpc) is 3.07. The number of furan rings is 1. The molecule has 0 saturated carbocycles. The van der Waals surface area contributed by atoms with Crippen molar-refractivity contribution in [3.63, 3.8) is 0 Å². The van der Waals surface area contributed by atoms with Gasteiger partial charge >= 0.3 is 6.09 Å². The van der Waals surface area contributed by atoms with Crippen molar-refractivity contribution < 1.29 is 18.7 Å². The van der Waals surface area contributed by atoms with Gasteiger partial charge in [0.15, 0.2) is 0 Å². The molecular formula is C19H23ClN2O4. The van der Waals surface area contributed by atoms with Crippen LogP contribution >= 0.6 is 11.6 Å². The fourth-order valence-corrected chi connectivity index (χ4v) is 2.49. The summed E-state index contributed by atoms with van der Waals surface area (Å²) in [5.74, 6) is 0.927. The summed E-state index contributed by atoms with van der Waals surface area (Å²) in [6.45, 7) is 5.88. The molecule has 26 heavy (non-hydrogen) atoms. The Balaban J connectivity index is 1.95. The van der Waals surface area contributed by atoms with Crippen molar-refractivity contribution in [2.45, 2.75) is 33.4 Å². The molecule has 0 aliphatic heterocycles. The largest absolute Gasteiger partial charge is 0.459 e. The van der Waals surface area contributed by atoms with Crippen LogP contribution in [-0.4, -0.2) is 24.6 Å². The SMILES string of the molecule is CCOC(=O)NC(C(=O)NCc1ccc(-c2ccc(Cl)cc2)o1)C(C)C. The predicted octanol–water partition coefficient (Wildman–Crippen LogP) is 3.99. The molecule has 0 bridgehead atoms. The van der Waals surface area contributed by atoms with Crippen LogP contribution in [-0.2, 0) is 16.1 Å². The molecule has 1 aromatic carbocycles. The fourth-order valence-electron chi connectivity index (χ4n) is 2.36. The van der Waals surface area contributed by atoms with E-state index in [9.17, 15) is 9.59 Å². The summed E-state index contributed by atoms with van der Waals surface area (Å²) in [6, 6.07) is 10.3. The molecule has 2 aromatic rings. The van der Waals surface area contributed by atoms with E-state index in [4.69, 9.17) is 20.8 Å². The summed E-state index contributed by atoms with van der Waals surface area (Å²) in [7, 11) is 0. The second-order valence-electron chi connectivity index (χ2n) is 6.08. The van der Waals surface area contributed by atoms with Crippen LogP contribution in [0.3, 0.4) is 0 Å². The zero-order valence-corrected chi connectivity index (χ0v) is 15.8. The number of halogens is 1. The minimum atomic E-state index is -0.681. The lowest BCUT2D eigenvalue weighted by atomic mass is 10.0. The lowest BCUT2D eigenvalue weighted by Gasteiger charge is -2.20. The minimum absolute atomic E-state index is 0.0827. The molecule has 2 amide bonds. The Kier molecular flexibility index (Phi) is 7.09. The number of alkyl carbamates (subject to hydrolysis) is 1. The Bertz CT molecular complexity index is 740. The van der Waals surface area contributed by atoms with E-state index in [0.717, 1.165) is 5.56 Å². The van der Waals surface area contributed by atoms with Crippen LogP contribution in [0.2, 0.25) is 5.02 Å². The molecule has 2 rings (SSSR count). The van der Waals surface area contributed by atoms with E-state index in [-0.39, 0.29) is 25.0 Å². The molecule has 0 fully saturated rings. The van der Waals surface area contributed by atoms with Crippen LogP contribution in [0.1, 0.15) is 26.5 Å². The monoisotopic (exact) mass is 378 g/mol. The molecule has 0 saturated heterocycles. The van der Waals surface area contributed by atoms with E-state index in [2.05, 4.69) is 10.6 Å². The second-order valence-corrected chi connectivity index (χ2v) is 6.51. The highest BCUT2D eigenvalue weighted by Gasteiger charge is 2.24. The van der Waals surface area contributed by atoms with Gasteiger partial charge in [-0.3, -0.25) is 4.79 Å². The van der Waals surface area contributed by atoms with Crippen LogP contribution in [0.25, 0.3) is 11.3 Å². The van der Waals surface area contributed by atoms with Crippen molar-refractivity contribution in [2.24, 2.45) is 5.92 Å². The van der Waals surface area contributed by atoms with Gasteiger partial charge in [0.2, 0.25) is 5.91 Å². The molecule has 1 heterocycles. The Morgan fingerprint density at radius 2 is 1.85 bits per heavy atom. The van der Waals surface area contributed by atoms with Crippen LogP contribution < -0.4 is 10.6 Å². The molecule has 140 valence electrons. The van der Waals surface area contributed by atoms with E-state index >= 15 is 0 Å². The van der Waals surface area contributed by atoms with Crippen molar-refractivity contribution in [2.75, 3.05) is 6.61 Å². The van der Waals surface area contributed by atoms with E-state index < -0.39 is 12.1 Å². The number of carbonyl (C=O) groups excluding carboxylic acids is 2. The molecule has 0 spiro atoms. The maximum absolute atomic E-state index is 12.4. The summed E-state index contributed by atoms with van der Waals surface area (Å²) >= 11 is 5.88. The van der Waals surface area contributed by atoms with Gasteiger partial charge in [-0.2, -0.15) is 0 Å².